The van der Waals surface area contributed by atoms with E-state index in [1.165, 1.54) is 51.4 Å². The van der Waals surface area contributed by atoms with Crippen molar-refractivity contribution in [3.63, 3.8) is 0 Å². The van der Waals surface area contributed by atoms with Crippen LogP contribution in [0.25, 0.3) is 0 Å². The first-order chi connectivity index (χ1) is 7.81. The SMILES string of the molecule is CCCC(C)CCCCCCCOCCN. The summed E-state index contributed by atoms with van der Waals surface area (Å²) in [4.78, 5) is 0. The van der Waals surface area contributed by atoms with Crippen molar-refractivity contribution in [2.45, 2.75) is 65.2 Å². The fourth-order valence-electron chi connectivity index (χ4n) is 2.05. The molecule has 98 valence electrons. The third kappa shape index (κ3) is 12.0. The third-order valence-corrected chi connectivity index (χ3v) is 3.03. The maximum atomic E-state index is 5.34. The molecular weight excluding hydrogens is 198 g/mol. The second kappa shape index (κ2) is 13.0. The van der Waals surface area contributed by atoms with Gasteiger partial charge in [0.2, 0.25) is 0 Å². The van der Waals surface area contributed by atoms with Gasteiger partial charge in [0.05, 0.1) is 6.61 Å². The molecule has 0 radical (unpaired) electrons. The monoisotopic (exact) mass is 229 g/mol. The number of hydrogen-bond acceptors (Lipinski definition) is 2. The van der Waals surface area contributed by atoms with Gasteiger partial charge in [0.25, 0.3) is 0 Å². The highest BCUT2D eigenvalue weighted by atomic mass is 16.5. The van der Waals surface area contributed by atoms with Crippen LogP contribution in [0.4, 0.5) is 0 Å². The van der Waals surface area contributed by atoms with Crippen LogP contribution in [0.3, 0.4) is 0 Å². The molecule has 0 aromatic rings. The quantitative estimate of drug-likeness (QED) is 0.517. The van der Waals surface area contributed by atoms with Gasteiger partial charge >= 0.3 is 0 Å². The van der Waals surface area contributed by atoms with Gasteiger partial charge in [-0.25, -0.2) is 0 Å². The molecule has 2 N–H and O–H groups in total. The molecule has 0 aliphatic heterocycles. The summed E-state index contributed by atoms with van der Waals surface area (Å²) in [5.41, 5.74) is 5.34. The van der Waals surface area contributed by atoms with Crippen molar-refractivity contribution in [1.29, 1.82) is 0 Å². The highest BCUT2D eigenvalue weighted by molar-refractivity contribution is 4.53. The maximum absolute atomic E-state index is 5.34. The van der Waals surface area contributed by atoms with Gasteiger partial charge in [-0.1, -0.05) is 58.8 Å². The Balaban J connectivity index is 2.98. The average Bonchev–Trinajstić information content (AvgIpc) is 2.27. The average molecular weight is 229 g/mol. The molecule has 0 fully saturated rings. The second-order valence-electron chi connectivity index (χ2n) is 4.85. The van der Waals surface area contributed by atoms with Crippen LogP contribution in [0.1, 0.15) is 65.2 Å². The lowest BCUT2D eigenvalue weighted by molar-refractivity contribution is 0.137. The number of ether oxygens (including phenoxy) is 1. The first-order valence-corrected chi connectivity index (χ1v) is 7.09. The standard InChI is InChI=1S/C14H31NO/c1-3-9-14(2)10-7-5-4-6-8-12-16-13-11-15/h14H,3-13,15H2,1-2H3. The van der Waals surface area contributed by atoms with Crippen LogP contribution in [0, 0.1) is 5.92 Å². The Morgan fingerprint density at radius 2 is 1.62 bits per heavy atom. The van der Waals surface area contributed by atoms with Crippen LogP contribution in [-0.4, -0.2) is 19.8 Å². The topological polar surface area (TPSA) is 35.2 Å². The molecule has 2 heteroatoms. The molecule has 0 saturated carbocycles. The zero-order chi connectivity index (χ0) is 12.1. The van der Waals surface area contributed by atoms with Crippen molar-refractivity contribution >= 4 is 0 Å². The van der Waals surface area contributed by atoms with Gasteiger partial charge in [0.1, 0.15) is 0 Å². The van der Waals surface area contributed by atoms with E-state index in [1.807, 2.05) is 0 Å². The molecule has 0 saturated heterocycles. The smallest absolute Gasteiger partial charge is 0.0588 e. The molecule has 2 nitrogen and oxygen atoms in total. The Bertz CT molecular complexity index is 128. The number of unbranched alkanes of at least 4 members (excludes halogenated alkanes) is 4. The number of hydrogen-bond donors (Lipinski definition) is 1. The Labute approximate surface area is 102 Å². The van der Waals surface area contributed by atoms with Crippen LogP contribution < -0.4 is 5.73 Å². The van der Waals surface area contributed by atoms with Crippen molar-refractivity contribution in [2.24, 2.45) is 11.7 Å². The van der Waals surface area contributed by atoms with Gasteiger partial charge < -0.3 is 10.5 Å². The normalized spacial score (nSPS) is 12.9. The summed E-state index contributed by atoms with van der Waals surface area (Å²) >= 11 is 0. The first kappa shape index (κ1) is 15.9. The minimum atomic E-state index is 0.648. The van der Waals surface area contributed by atoms with Crippen molar-refractivity contribution < 1.29 is 4.74 Å². The van der Waals surface area contributed by atoms with E-state index in [0.29, 0.717) is 13.2 Å². The van der Waals surface area contributed by atoms with E-state index in [-0.39, 0.29) is 0 Å². The Morgan fingerprint density at radius 1 is 0.938 bits per heavy atom. The summed E-state index contributed by atoms with van der Waals surface area (Å²) in [7, 11) is 0. The van der Waals surface area contributed by atoms with Crippen molar-refractivity contribution in [1.82, 2.24) is 0 Å². The molecule has 1 atom stereocenters. The van der Waals surface area contributed by atoms with Crippen LogP contribution in [0.15, 0.2) is 0 Å². The van der Waals surface area contributed by atoms with Gasteiger partial charge in [-0.05, 0) is 12.3 Å². The summed E-state index contributed by atoms with van der Waals surface area (Å²) in [6.45, 7) is 6.91. The number of rotatable bonds is 12. The fourth-order valence-corrected chi connectivity index (χ4v) is 2.05. The molecule has 0 aliphatic rings. The molecule has 0 aromatic heterocycles. The largest absolute Gasteiger partial charge is 0.380 e. The lowest BCUT2D eigenvalue weighted by atomic mass is 9.98. The van der Waals surface area contributed by atoms with Crippen molar-refractivity contribution in [3.8, 4) is 0 Å². The number of nitrogens with two attached hydrogens (primary N) is 1. The summed E-state index contributed by atoms with van der Waals surface area (Å²) in [6, 6.07) is 0. The molecule has 0 bridgehead atoms. The van der Waals surface area contributed by atoms with E-state index in [1.54, 1.807) is 0 Å². The van der Waals surface area contributed by atoms with Gasteiger partial charge in [-0.3, -0.25) is 0 Å². The van der Waals surface area contributed by atoms with Gasteiger partial charge in [0.15, 0.2) is 0 Å². The Hall–Kier alpha value is -0.0800. The fraction of sp³-hybridized carbons (Fsp3) is 1.00. The molecule has 0 heterocycles. The van der Waals surface area contributed by atoms with E-state index >= 15 is 0 Å². The molecule has 0 aromatic carbocycles. The molecule has 1 unspecified atom stereocenters. The highest BCUT2D eigenvalue weighted by Crippen LogP contribution is 2.15. The maximum Gasteiger partial charge on any atom is 0.0588 e. The molecular formula is C14H31NO. The molecule has 16 heavy (non-hydrogen) atoms. The van der Waals surface area contributed by atoms with E-state index in [0.717, 1.165) is 12.5 Å². The summed E-state index contributed by atoms with van der Waals surface area (Å²) in [5.74, 6) is 0.929. The minimum absolute atomic E-state index is 0.648. The molecule has 0 rings (SSSR count). The van der Waals surface area contributed by atoms with E-state index in [4.69, 9.17) is 10.5 Å². The van der Waals surface area contributed by atoms with Gasteiger partial charge in [-0.15, -0.1) is 0 Å². The molecule has 0 spiro atoms. The zero-order valence-electron chi connectivity index (χ0n) is 11.3. The minimum Gasteiger partial charge on any atom is -0.380 e. The lowest BCUT2D eigenvalue weighted by Crippen LogP contribution is -2.08. The van der Waals surface area contributed by atoms with E-state index in [2.05, 4.69) is 13.8 Å². The van der Waals surface area contributed by atoms with Crippen LogP contribution in [-0.2, 0) is 4.74 Å². The summed E-state index contributed by atoms with van der Waals surface area (Å²) in [5, 5.41) is 0. The Kier molecular flexibility index (Phi) is 12.9. The van der Waals surface area contributed by atoms with Crippen LogP contribution in [0.2, 0.25) is 0 Å². The van der Waals surface area contributed by atoms with Crippen LogP contribution in [0.5, 0.6) is 0 Å². The summed E-state index contributed by atoms with van der Waals surface area (Å²) < 4.78 is 5.33. The van der Waals surface area contributed by atoms with Crippen LogP contribution >= 0.6 is 0 Å². The predicted molar refractivity (Wildman–Crippen MR) is 71.6 cm³/mol. The lowest BCUT2D eigenvalue weighted by Gasteiger charge is -2.09. The second-order valence-corrected chi connectivity index (χ2v) is 4.85. The van der Waals surface area contributed by atoms with Gasteiger partial charge in [-0.2, -0.15) is 0 Å². The van der Waals surface area contributed by atoms with Crippen molar-refractivity contribution in [2.75, 3.05) is 19.8 Å². The molecule has 0 amide bonds. The first-order valence-electron chi connectivity index (χ1n) is 7.09. The zero-order valence-corrected chi connectivity index (χ0v) is 11.3. The van der Waals surface area contributed by atoms with E-state index < -0.39 is 0 Å². The van der Waals surface area contributed by atoms with Crippen molar-refractivity contribution in [3.05, 3.63) is 0 Å². The summed E-state index contributed by atoms with van der Waals surface area (Å²) in [6.07, 6.45) is 10.8. The Morgan fingerprint density at radius 3 is 2.31 bits per heavy atom. The van der Waals surface area contributed by atoms with Gasteiger partial charge in [0, 0.05) is 13.2 Å². The van der Waals surface area contributed by atoms with E-state index in [9.17, 15) is 0 Å². The third-order valence-electron chi connectivity index (χ3n) is 3.03. The predicted octanol–water partition coefficient (Wildman–Crippen LogP) is 3.74. The highest BCUT2D eigenvalue weighted by Gasteiger charge is 1.99. The molecule has 0 aliphatic carbocycles.